The summed E-state index contributed by atoms with van der Waals surface area (Å²) in [4.78, 5) is 22.0. The molecule has 0 fully saturated rings. The third-order valence-electron chi connectivity index (χ3n) is 4.88. The highest BCUT2D eigenvalue weighted by Gasteiger charge is 2.09. The van der Waals surface area contributed by atoms with Crippen molar-refractivity contribution in [2.24, 2.45) is 11.8 Å². The largest absolute Gasteiger partial charge is 0.494 e. The Bertz CT molecular complexity index is 730. The Balaban J connectivity index is 0.000000311. The van der Waals surface area contributed by atoms with Crippen LogP contribution >= 0.6 is 0 Å². The maximum absolute atomic E-state index is 11.0. The van der Waals surface area contributed by atoms with E-state index in [4.69, 9.17) is 4.74 Å². The predicted octanol–water partition coefficient (Wildman–Crippen LogP) is 5.47. The van der Waals surface area contributed by atoms with Gasteiger partial charge in [-0.1, -0.05) is 62.4 Å². The number of ether oxygens (including phenoxy) is 3. The number of methoxy groups -OCH3 is 2. The number of rotatable bonds is 11. The summed E-state index contributed by atoms with van der Waals surface area (Å²) in [6, 6.07) is 20.0. The SMILES string of the molecule is COC(=O)CC(C)CCOc1ccccc1.COC(=O)CC(C)CCc1ccccc1. The lowest BCUT2D eigenvalue weighted by molar-refractivity contribution is -0.142. The van der Waals surface area contributed by atoms with Crippen molar-refractivity contribution in [1.29, 1.82) is 0 Å². The van der Waals surface area contributed by atoms with Crippen LogP contribution in [0.1, 0.15) is 45.1 Å². The van der Waals surface area contributed by atoms with Crippen molar-refractivity contribution in [3.63, 3.8) is 0 Å². The van der Waals surface area contributed by atoms with Gasteiger partial charge in [-0.3, -0.25) is 9.59 Å². The molecule has 5 nitrogen and oxygen atoms in total. The Labute approximate surface area is 186 Å². The van der Waals surface area contributed by atoms with Gasteiger partial charge in [0.15, 0.2) is 0 Å². The molecular weight excluding hydrogens is 392 g/mol. The van der Waals surface area contributed by atoms with E-state index in [0.717, 1.165) is 25.0 Å². The van der Waals surface area contributed by atoms with Gasteiger partial charge >= 0.3 is 11.9 Å². The van der Waals surface area contributed by atoms with E-state index >= 15 is 0 Å². The maximum atomic E-state index is 11.0. The fraction of sp³-hybridized carbons (Fsp3) is 0.462. The molecule has 0 saturated heterocycles. The molecule has 2 rings (SSSR count). The molecule has 0 aromatic heterocycles. The summed E-state index contributed by atoms with van der Waals surface area (Å²) in [7, 11) is 2.85. The summed E-state index contributed by atoms with van der Waals surface area (Å²) in [6.45, 7) is 4.73. The van der Waals surface area contributed by atoms with Crippen molar-refractivity contribution < 1.29 is 23.8 Å². The molecule has 31 heavy (non-hydrogen) atoms. The number of hydrogen-bond acceptors (Lipinski definition) is 5. The molecule has 2 aromatic carbocycles. The number of hydrogen-bond donors (Lipinski definition) is 0. The van der Waals surface area contributed by atoms with Crippen molar-refractivity contribution >= 4 is 11.9 Å². The van der Waals surface area contributed by atoms with Crippen molar-refractivity contribution in [3.8, 4) is 5.75 Å². The fourth-order valence-electron chi connectivity index (χ4n) is 2.89. The molecule has 0 bridgehead atoms. The third kappa shape index (κ3) is 13.2. The van der Waals surface area contributed by atoms with E-state index in [-0.39, 0.29) is 17.9 Å². The highest BCUT2D eigenvalue weighted by molar-refractivity contribution is 5.69. The van der Waals surface area contributed by atoms with E-state index < -0.39 is 0 Å². The molecule has 0 saturated carbocycles. The summed E-state index contributed by atoms with van der Waals surface area (Å²) in [6.07, 6.45) is 3.88. The van der Waals surface area contributed by atoms with Crippen LogP contribution in [0.4, 0.5) is 0 Å². The number of carbonyl (C=O) groups excluding carboxylic acids is 2. The van der Waals surface area contributed by atoms with Crippen LogP contribution in [0.2, 0.25) is 0 Å². The van der Waals surface area contributed by atoms with Crippen molar-refractivity contribution in [2.45, 2.75) is 46.0 Å². The minimum Gasteiger partial charge on any atom is -0.494 e. The van der Waals surface area contributed by atoms with Gasteiger partial charge in [-0.2, -0.15) is 0 Å². The van der Waals surface area contributed by atoms with Crippen molar-refractivity contribution in [3.05, 3.63) is 66.2 Å². The van der Waals surface area contributed by atoms with Crippen molar-refractivity contribution in [1.82, 2.24) is 0 Å². The molecule has 0 amide bonds. The summed E-state index contributed by atoms with van der Waals surface area (Å²) < 4.78 is 14.8. The Kier molecular flexibility index (Phi) is 13.5. The molecule has 0 heterocycles. The first-order chi connectivity index (χ1) is 14.9. The standard InChI is InChI=1S/C13H18O3.C13H18O2/c1-11(10-13(14)15-2)8-9-16-12-6-4-3-5-7-12;1-11(10-13(14)15-2)8-9-12-6-4-3-5-7-12/h3-7,11H,8-10H2,1-2H3;3-7,11H,8-10H2,1-2H3. The summed E-state index contributed by atoms with van der Waals surface area (Å²) in [5.74, 6) is 1.27. The molecule has 0 aliphatic heterocycles. The molecule has 2 atom stereocenters. The van der Waals surface area contributed by atoms with Gasteiger partial charge in [0.25, 0.3) is 0 Å². The quantitative estimate of drug-likeness (QED) is 0.444. The lowest BCUT2D eigenvalue weighted by Crippen LogP contribution is -2.10. The van der Waals surface area contributed by atoms with Crippen LogP contribution in [0, 0.1) is 11.8 Å². The smallest absolute Gasteiger partial charge is 0.305 e. The number of esters is 2. The zero-order valence-corrected chi connectivity index (χ0v) is 19.2. The lowest BCUT2D eigenvalue weighted by Gasteiger charge is -2.10. The lowest BCUT2D eigenvalue weighted by atomic mass is 9.98. The molecule has 2 aromatic rings. The third-order valence-corrected chi connectivity index (χ3v) is 4.88. The Morgan fingerprint density at radius 3 is 1.74 bits per heavy atom. The van der Waals surface area contributed by atoms with Gasteiger partial charge in [-0.25, -0.2) is 0 Å². The van der Waals surface area contributed by atoms with E-state index in [9.17, 15) is 9.59 Å². The van der Waals surface area contributed by atoms with Gasteiger partial charge in [-0.05, 0) is 48.8 Å². The van der Waals surface area contributed by atoms with Crippen LogP contribution in [0.5, 0.6) is 5.75 Å². The average molecular weight is 429 g/mol. The van der Waals surface area contributed by atoms with Gasteiger partial charge in [0.1, 0.15) is 5.75 Å². The summed E-state index contributed by atoms with van der Waals surface area (Å²) in [5.41, 5.74) is 1.33. The Hall–Kier alpha value is -2.82. The van der Waals surface area contributed by atoms with E-state index in [2.05, 4.69) is 28.5 Å². The van der Waals surface area contributed by atoms with E-state index in [1.807, 2.05) is 55.5 Å². The molecular formula is C26H36O5. The van der Waals surface area contributed by atoms with Crippen molar-refractivity contribution in [2.75, 3.05) is 20.8 Å². The number of aryl methyl sites for hydroxylation is 1. The first-order valence-electron chi connectivity index (χ1n) is 10.8. The van der Waals surface area contributed by atoms with Gasteiger partial charge in [0.2, 0.25) is 0 Å². The molecule has 2 unspecified atom stereocenters. The maximum Gasteiger partial charge on any atom is 0.305 e. The monoisotopic (exact) mass is 428 g/mol. The van der Waals surface area contributed by atoms with Gasteiger partial charge in [0.05, 0.1) is 20.8 Å². The average Bonchev–Trinajstić information content (AvgIpc) is 2.79. The van der Waals surface area contributed by atoms with Crippen LogP contribution in [0.25, 0.3) is 0 Å². The number of carbonyl (C=O) groups is 2. The van der Waals surface area contributed by atoms with E-state index in [1.54, 1.807) is 0 Å². The van der Waals surface area contributed by atoms with Crippen LogP contribution in [0.3, 0.4) is 0 Å². The number of benzene rings is 2. The summed E-state index contributed by atoms with van der Waals surface area (Å²) >= 11 is 0. The fourth-order valence-corrected chi connectivity index (χ4v) is 2.89. The minimum atomic E-state index is -0.160. The molecule has 0 spiro atoms. The number of para-hydroxylation sites is 1. The molecule has 5 heteroatoms. The van der Waals surface area contributed by atoms with E-state index in [1.165, 1.54) is 19.8 Å². The van der Waals surface area contributed by atoms with Gasteiger partial charge in [0, 0.05) is 12.8 Å². The Morgan fingerprint density at radius 2 is 1.23 bits per heavy atom. The highest BCUT2D eigenvalue weighted by Crippen LogP contribution is 2.13. The van der Waals surface area contributed by atoms with Crippen LogP contribution in [0.15, 0.2) is 60.7 Å². The zero-order chi connectivity index (χ0) is 22.9. The molecule has 0 N–H and O–H groups in total. The minimum absolute atomic E-state index is 0.115. The molecule has 170 valence electrons. The first kappa shape index (κ1) is 26.2. The topological polar surface area (TPSA) is 61.8 Å². The van der Waals surface area contributed by atoms with Gasteiger partial charge < -0.3 is 14.2 Å². The van der Waals surface area contributed by atoms with Crippen LogP contribution < -0.4 is 4.74 Å². The van der Waals surface area contributed by atoms with Gasteiger partial charge in [-0.15, -0.1) is 0 Å². The second-order valence-electron chi connectivity index (χ2n) is 7.75. The predicted molar refractivity (Wildman–Crippen MR) is 123 cm³/mol. The van der Waals surface area contributed by atoms with Crippen LogP contribution in [-0.4, -0.2) is 32.8 Å². The first-order valence-corrected chi connectivity index (χ1v) is 10.8. The normalized spacial score (nSPS) is 12.0. The second kappa shape index (κ2) is 15.9. The highest BCUT2D eigenvalue weighted by atomic mass is 16.5. The molecule has 0 radical (unpaired) electrons. The zero-order valence-electron chi connectivity index (χ0n) is 19.2. The Morgan fingerprint density at radius 1 is 0.742 bits per heavy atom. The van der Waals surface area contributed by atoms with E-state index in [0.29, 0.717) is 25.4 Å². The molecule has 0 aliphatic carbocycles. The summed E-state index contributed by atoms with van der Waals surface area (Å²) in [5, 5.41) is 0. The van der Waals surface area contributed by atoms with Crippen LogP contribution in [-0.2, 0) is 25.5 Å². The molecule has 0 aliphatic rings. The second-order valence-corrected chi connectivity index (χ2v) is 7.75.